The number of aromatic hydroxyl groups is 1. The summed E-state index contributed by atoms with van der Waals surface area (Å²) in [5.74, 6) is 0.671. The number of phenolic OH excluding ortho intramolecular Hbond substituents is 1. The van der Waals surface area contributed by atoms with Gasteiger partial charge in [-0.25, -0.2) is 0 Å². The fourth-order valence-corrected chi connectivity index (χ4v) is 3.53. The molecule has 0 spiro atoms. The van der Waals surface area contributed by atoms with E-state index in [0.717, 1.165) is 24.2 Å². The molecule has 0 bridgehead atoms. The van der Waals surface area contributed by atoms with Crippen LogP contribution < -0.4 is 4.74 Å². The van der Waals surface area contributed by atoms with Gasteiger partial charge in [0, 0.05) is 31.6 Å². The highest BCUT2D eigenvalue weighted by atomic mass is 79.9. The summed E-state index contributed by atoms with van der Waals surface area (Å²) in [5.41, 5.74) is 2.86. The normalized spacial score (nSPS) is 16.8. The summed E-state index contributed by atoms with van der Waals surface area (Å²) >= 11 is 3.35. The molecule has 0 aliphatic carbocycles. The largest absolute Gasteiger partial charge is 0.503 e. The van der Waals surface area contributed by atoms with E-state index < -0.39 is 0 Å². The Morgan fingerprint density at radius 3 is 2.77 bits per heavy atom. The van der Waals surface area contributed by atoms with Crippen LogP contribution in [0.2, 0.25) is 0 Å². The van der Waals surface area contributed by atoms with Crippen molar-refractivity contribution in [3.8, 4) is 11.5 Å². The zero-order chi connectivity index (χ0) is 18.5. The lowest BCUT2D eigenvalue weighted by atomic mass is 9.99. The lowest BCUT2D eigenvalue weighted by molar-refractivity contribution is -0.117. The van der Waals surface area contributed by atoms with Crippen LogP contribution >= 0.6 is 15.9 Å². The Kier molecular flexibility index (Phi) is 6.12. The molecule has 4 nitrogen and oxygen atoms in total. The minimum Gasteiger partial charge on any atom is -0.503 e. The summed E-state index contributed by atoms with van der Waals surface area (Å²) in [6, 6.07) is 13.8. The highest BCUT2D eigenvalue weighted by Gasteiger charge is 2.21. The number of carbonyl (C=O) groups is 1. The number of halogens is 1. The van der Waals surface area contributed by atoms with E-state index in [1.807, 2.05) is 31.2 Å². The highest BCUT2D eigenvalue weighted by molar-refractivity contribution is 9.10. The third-order valence-corrected chi connectivity index (χ3v) is 4.95. The Hall–Kier alpha value is -2.11. The van der Waals surface area contributed by atoms with Gasteiger partial charge in [-0.05, 0) is 52.2 Å². The molecule has 1 N–H and O–H groups in total. The van der Waals surface area contributed by atoms with Crippen LogP contribution in [0.15, 0.2) is 52.5 Å². The molecule has 0 saturated carbocycles. The number of piperidine rings is 1. The molecule has 0 atom stereocenters. The van der Waals surface area contributed by atoms with E-state index in [9.17, 15) is 9.90 Å². The van der Waals surface area contributed by atoms with Crippen LogP contribution in [0.1, 0.15) is 24.5 Å². The first kappa shape index (κ1) is 18.7. The van der Waals surface area contributed by atoms with Crippen molar-refractivity contribution in [2.75, 3.05) is 19.7 Å². The van der Waals surface area contributed by atoms with Gasteiger partial charge in [0.2, 0.25) is 0 Å². The topological polar surface area (TPSA) is 49.8 Å². The van der Waals surface area contributed by atoms with Crippen molar-refractivity contribution < 1.29 is 14.6 Å². The predicted octanol–water partition coefficient (Wildman–Crippen LogP) is 4.41. The quantitative estimate of drug-likeness (QED) is 0.734. The molecule has 2 aromatic carbocycles. The second-order valence-electron chi connectivity index (χ2n) is 6.32. The Morgan fingerprint density at radius 1 is 1.27 bits per heavy atom. The standard InChI is InChI=1S/C21H22BrNO3/c1-2-26-20-12-16(11-18(22)21(20)25)10-17-14-23(9-8-19(17)24)13-15-6-4-3-5-7-15/h3-7,10-12,25H,2,8-9,13-14H2,1H3/b17-10+. The average Bonchev–Trinajstić information content (AvgIpc) is 2.63. The maximum Gasteiger partial charge on any atom is 0.172 e. The number of phenols is 1. The third-order valence-electron chi connectivity index (χ3n) is 4.35. The first-order valence-electron chi connectivity index (χ1n) is 8.72. The highest BCUT2D eigenvalue weighted by Crippen LogP contribution is 2.36. The minimum absolute atomic E-state index is 0.0784. The van der Waals surface area contributed by atoms with Gasteiger partial charge in [-0.1, -0.05) is 30.3 Å². The molecule has 136 valence electrons. The maximum absolute atomic E-state index is 12.4. The molecular formula is C21H22BrNO3. The summed E-state index contributed by atoms with van der Waals surface area (Å²) in [5, 5.41) is 10.0. The van der Waals surface area contributed by atoms with Crippen molar-refractivity contribution >= 4 is 27.8 Å². The summed E-state index contributed by atoms with van der Waals surface area (Å²) in [7, 11) is 0. The molecule has 1 aliphatic heterocycles. The monoisotopic (exact) mass is 415 g/mol. The van der Waals surface area contributed by atoms with E-state index in [0.29, 0.717) is 29.8 Å². The zero-order valence-corrected chi connectivity index (χ0v) is 16.3. The number of hydrogen-bond donors (Lipinski definition) is 1. The number of nitrogens with zero attached hydrogens (tertiary/aromatic N) is 1. The number of benzene rings is 2. The summed E-state index contributed by atoms with van der Waals surface area (Å²) in [4.78, 5) is 14.7. The second kappa shape index (κ2) is 8.52. The van der Waals surface area contributed by atoms with Crippen molar-refractivity contribution in [1.82, 2.24) is 4.90 Å². The SMILES string of the molecule is CCOc1cc(/C=C2\CN(Cc3ccccc3)CCC2=O)cc(Br)c1O. The van der Waals surface area contributed by atoms with Crippen LogP contribution in [0, 0.1) is 0 Å². The van der Waals surface area contributed by atoms with Crippen LogP contribution in [0.25, 0.3) is 6.08 Å². The molecule has 5 heteroatoms. The van der Waals surface area contributed by atoms with Crippen LogP contribution in [-0.2, 0) is 11.3 Å². The Balaban J connectivity index is 1.81. The minimum atomic E-state index is 0.0784. The molecule has 26 heavy (non-hydrogen) atoms. The number of Topliss-reactive ketones (excluding diaryl/α,β-unsaturated/α-hetero) is 1. The van der Waals surface area contributed by atoms with E-state index in [-0.39, 0.29) is 11.5 Å². The smallest absolute Gasteiger partial charge is 0.172 e. The van der Waals surface area contributed by atoms with E-state index in [2.05, 4.69) is 33.0 Å². The van der Waals surface area contributed by atoms with Gasteiger partial charge in [0.1, 0.15) is 0 Å². The lowest BCUT2D eigenvalue weighted by Crippen LogP contribution is -2.35. The van der Waals surface area contributed by atoms with Crippen LogP contribution in [-0.4, -0.2) is 35.5 Å². The van der Waals surface area contributed by atoms with Crippen molar-refractivity contribution in [3.63, 3.8) is 0 Å². The van der Waals surface area contributed by atoms with Crippen molar-refractivity contribution in [2.24, 2.45) is 0 Å². The van der Waals surface area contributed by atoms with Crippen molar-refractivity contribution in [1.29, 1.82) is 0 Å². The maximum atomic E-state index is 12.4. The number of ketones is 1. The Bertz CT molecular complexity index is 818. The molecule has 0 radical (unpaired) electrons. The van der Waals surface area contributed by atoms with Gasteiger partial charge in [0.05, 0.1) is 11.1 Å². The fourth-order valence-electron chi connectivity index (χ4n) is 3.07. The zero-order valence-electron chi connectivity index (χ0n) is 14.7. The first-order chi connectivity index (χ1) is 12.6. The fraction of sp³-hybridized carbons (Fsp3) is 0.286. The van der Waals surface area contributed by atoms with Crippen LogP contribution in [0.3, 0.4) is 0 Å². The van der Waals surface area contributed by atoms with E-state index >= 15 is 0 Å². The van der Waals surface area contributed by atoms with E-state index in [1.54, 1.807) is 12.1 Å². The molecule has 1 heterocycles. The molecule has 0 unspecified atom stereocenters. The number of likely N-dealkylation sites (tertiary alicyclic amines) is 1. The molecule has 1 aliphatic rings. The second-order valence-corrected chi connectivity index (χ2v) is 7.18. The van der Waals surface area contributed by atoms with Gasteiger partial charge < -0.3 is 9.84 Å². The molecular weight excluding hydrogens is 394 g/mol. The number of hydrogen-bond acceptors (Lipinski definition) is 4. The molecule has 1 saturated heterocycles. The van der Waals surface area contributed by atoms with Crippen LogP contribution in [0.5, 0.6) is 11.5 Å². The van der Waals surface area contributed by atoms with Crippen molar-refractivity contribution in [2.45, 2.75) is 19.9 Å². The molecule has 0 amide bonds. The number of carbonyl (C=O) groups excluding carboxylic acids is 1. The van der Waals surface area contributed by atoms with Crippen molar-refractivity contribution in [3.05, 3.63) is 63.6 Å². The van der Waals surface area contributed by atoms with E-state index in [4.69, 9.17) is 4.74 Å². The Morgan fingerprint density at radius 2 is 2.04 bits per heavy atom. The third kappa shape index (κ3) is 4.54. The van der Waals surface area contributed by atoms with Gasteiger partial charge in [-0.15, -0.1) is 0 Å². The summed E-state index contributed by atoms with van der Waals surface area (Å²) < 4.78 is 6.02. The summed E-state index contributed by atoms with van der Waals surface area (Å²) in [6.45, 7) is 4.55. The van der Waals surface area contributed by atoms with Gasteiger partial charge in [-0.2, -0.15) is 0 Å². The molecule has 0 aromatic heterocycles. The van der Waals surface area contributed by atoms with Gasteiger partial charge in [0.25, 0.3) is 0 Å². The predicted molar refractivity (Wildman–Crippen MR) is 106 cm³/mol. The average molecular weight is 416 g/mol. The number of rotatable bonds is 5. The lowest BCUT2D eigenvalue weighted by Gasteiger charge is -2.28. The van der Waals surface area contributed by atoms with Gasteiger partial charge >= 0.3 is 0 Å². The van der Waals surface area contributed by atoms with Crippen LogP contribution in [0.4, 0.5) is 0 Å². The first-order valence-corrected chi connectivity index (χ1v) is 9.51. The van der Waals surface area contributed by atoms with Gasteiger partial charge in [-0.3, -0.25) is 9.69 Å². The summed E-state index contributed by atoms with van der Waals surface area (Å²) in [6.07, 6.45) is 2.42. The Labute approximate surface area is 162 Å². The molecule has 3 rings (SSSR count). The molecule has 2 aromatic rings. The number of ether oxygens (including phenoxy) is 1. The molecule has 1 fully saturated rings. The van der Waals surface area contributed by atoms with Gasteiger partial charge in [0.15, 0.2) is 17.3 Å². The van der Waals surface area contributed by atoms with E-state index in [1.165, 1.54) is 5.56 Å².